The lowest BCUT2D eigenvalue weighted by atomic mass is 9.96. The maximum absolute atomic E-state index is 12.7. The van der Waals surface area contributed by atoms with Gasteiger partial charge in [-0.1, -0.05) is 11.6 Å². The summed E-state index contributed by atoms with van der Waals surface area (Å²) in [5.74, 6) is -0.882. The van der Waals surface area contributed by atoms with Crippen molar-refractivity contribution in [2.45, 2.75) is 19.0 Å². The van der Waals surface area contributed by atoms with Crippen LogP contribution in [0.1, 0.15) is 23.2 Å². The standard InChI is InChI=1S/C19H18ClF3N4O3/c20-14-4-5-15(24-9-14)26-17(28)13-2-1-7-27(10-13)18(29)12-3-6-16(25-8-12)30-11-19(21,22)23/h3-6,8-9,13H,1-2,7,10-11H2,(H,24,26,28). The van der Waals surface area contributed by atoms with E-state index in [9.17, 15) is 22.8 Å². The zero-order valence-corrected chi connectivity index (χ0v) is 16.4. The highest BCUT2D eigenvalue weighted by Gasteiger charge is 2.30. The molecule has 1 saturated heterocycles. The third-order valence-corrected chi connectivity index (χ3v) is 4.65. The smallest absolute Gasteiger partial charge is 0.422 e. The molecule has 160 valence electrons. The van der Waals surface area contributed by atoms with E-state index in [0.29, 0.717) is 30.2 Å². The number of halogens is 4. The van der Waals surface area contributed by atoms with Gasteiger partial charge in [-0.15, -0.1) is 0 Å². The Hall–Kier alpha value is -2.88. The first-order valence-electron chi connectivity index (χ1n) is 9.08. The highest BCUT2D eigenvalue weighted by molar-refractivity contribution is 6.30. The summed E-state index contributed by atoms with van der Waals surface area (Å²) in [6.07, 6.45) is -0.636. The molecule has 1 aliphatic heterocycles. The number of nitrogens with one attached hydrogen (secondary N) is 1. The average Bonchev–Trinajstić information content (AvgIpc) is 2.73. The number of alkyl halides is 3. The van der Waals surface area contributed by atoms with Gasteiger partial charge in [0, 0.05) is 31.5 Å². The molecule has 0 radical (unpaired) electrons. The minimum absolute atomic E-state index is 0.204. The number of hydrogen-bond donors (Lipinski definition) is 1. The largest absolute Gasteiger partial charge is 0.468 e. The van der Waals surface area contributed by atoms with E-state index in [1.54, 1.807) is 12.1 Å². The lowest BCUT2D eigenvalue weighted by Gasteiger charge is -2.32. The van der Waals surface area contributed by atoms with E-state index in [1.807, 2.05) is 0 Å². The first-order valence-corrected chi connectivity index (χ1v) is 9.46. The second-order valence-corrected chi connectivity index (χ2v) is 7.17. The molecule has 1 fully saturated rings. The number of carbonyl (C=O) groups is 2. The molecule has 3 rings (SSSR count). The summed E-state index contributed by atoms with van der Waals surface area (Å²) in [5, 5.41) is 3.15. The molecular weight excluding hydrogens is 425 g/mol. The Labute approximate surface area is 175 Å². The minimum atomic E-state index is -4.47. The van der Waals surface area contributed by atoms with Crippen LogP contribution in [0.2, 0.25) is 5.02 Å². The van der Waals surface area contributed by atoms with Crippen LogP contribution in [0.4, 0.5) is 19.0 Å². The van der Waals surface area contributed by atoms with Crippen LogP contribution in [0.15, 0.2) is 36.7 Å². The fraction of sp³-hybridized carbons (Fsp3) is 0.368. The van der Waals surface area contributed by atoms with Gasteiger partial charge in [-0.3, -0.25) is 9.59 Å². The molecule has 1 unspecified atom stereocenters. The summed E-state index contributed by atoms with van der Waals surface area (Å²) in [4.78, 5) is 34.5. The Morgan fingerprint density at radius 1 is 1.20 bits per heavy atom. The summed E-state index contributed by atoms with van der Waals surface area (Å²) in [7, 11) is 0. The summed E-state index contributed by atoms with van der Waals surface area (Å²) >= 11 is 5.77. The van der Waals surface area contributed by atoms with Gasteiger partial charge in [0.1, 0.15) is 5.82 Å². The summed E-state index contributed by atoms with van der Waals surface area (Å²) in [6, 6.07) is 5.75. The van der Waals surface area contributed by atoms with Gasteiger partial charge < -0.3 is 15.0 Å². The monoisotopic (exact) mass is 442 g/mol. The van der Waals surface area contributed by atoms with Crippen molar-refractivity contribution in [1.29, 1.82) is 0 Å². The number of piperidine rings is 1. The molecule has 30 heavy (non-hydrogen) atoms. The van der Waals surface area contributed by atoms with E-state index in [4.69, 9.17) is 11.6 Å². The van der Waals surface area contributed by atoms with Gasteiger partial charge in [0.05, 0.1) is 16.5 Å². The first kappa shape index (κ1) is 21.8. The van der Waals surface area contributed by atoms with E-state index >= 15 is 0 Å². The molecule has 2 aromatic rings. The molecule has 0 saturated carbocycles. The van der Waals surface area contributed by atoms with Crippen molar-refractivity contribution in [2.24, 2.45) is 5.92 Å². The number of aromatic nitrogens is 2. The molecule has 0 spiro atoms. The molecule has 2 aromatic heterocycles. The van der Waals surface area contributed by atoms with Crippen molar-refractivity contribution < 1.29 is 27.5 Å². The van der Waals surface area contributed by atoms with Crippen LogP contribution in [-0.4, -0.2) is 52.6 Å². The van der Waals surface area contributed by atoms with E-state index in [-0.39, 0.29) is 29.8 Å². The molecule has 7 nitrogen and oxygen atoms in total. The molecule has 1 aliphatic rings. The van der Waals surface area contributed by atoms with Crippen LogP contribution in [0.25, 0.3) is 0 Å². The van der Waals surface area contributed by atoms with Crippen LogP contribution < -0.4 is 10.1 Å². The van der Waals surface area contributed by atoms with Crippen molar-refractivity contribution in [3.05, 3.63) is 47.2 Å². The lowest BCUT2D eigenvalue weighted by molar-refractivity contribution is -0.154. The Kier molecular flexibility index (Phi) is 6.76. The fourth-order valence-corrected chi connectivity index (χ4v) is 3.10. The number of amides is 2. The van der Waals surface area contributed by atoms with E-state index in [1.165, 1.54) is 23.2 Å². The van der Waals surface area contributed by atoms with Gasteiger partial charge in [0.15, 0.2) is 6.61 Å². The summed E-state index contributed by atoms with van der Waals surface area (Å²) in [6.45, 7) is -0.780. The van der Waals surface area contributed by atoms with Gasteiger partial charge in [-0.05, 0) is 31.0 Å². The molecule has 0 aromatic carbocycles. The maximum Gasteiger partial charge on any atom is 0.422 e. The van der Waals surface area contributed by atoms with Gasteiger partial charge in [0.25, 0.3) is 5.91 Å². The first-order chi connectivity index (χ1) is 14.2. The second kappa shape index (κ2) is 9.29. The molecule has 0 bridgehead atoms. The number of anilines is 1. The lowest BCUT2D eigenvalue weighted by Crippen LogP contribution is -2.43. The number of carbonyl (C=O) groups excluding carboxylic acids is 2. The van der Waals surface area contributed by atoms with Crippen molar-refractivity contribution in [3.63, 3.8) is 0 Å². The van der Waals surface area contributed by atoms with E-state index in [0.717, 1.165) is 6.20 Å². The Bertz CT molecular complexity index is 891. The zero-order valence-electron chi connectivity index (χ0n) is 15.7. The van der Waals surface area contributed by atoms with Crippen LogP contribution in [0.3, 0.4) is 0 Å². The van der Waals surface area contributed by atoms with Gasteiger partial charge in [-0.2, -0.15) is 13.2 Å². The normalized spacial score (nSPS) is 16.8. The molecule has 11 heteroatoms. The third kappa shape index (κ3) is 6.06. The van der Waals surface area contributed by atoms with Gasteiger partial charge >= 0.3 is 6.18 Å². The predicted octanol–water partition coefficient (Wildman–Crippen LogP) is 3.56. The Morgan fingerprint density at radius 2 is 2.00 bits per heavy atom. The molecular formula is C19H18ClF3N4O3. The number of hydrogen-bond acceptors (Lipinski definition) is 5. The molecule has 0 aliphatic carbocycles. The zero-order chi connectivity index (χ0) is 21.7. The average molecular weight is 443 g/mol. The van der Waals surface area contributed by atoms with E-state index < -0.39 is 18.7 Å². The Morgan fingerprint density at radius 3 is 2.63 bits per heavy atom. The summed E-state index contributed by atoms with van der Waals surface area (Å²) in [5.41, 5.74) is 0.204. The molecule has 2 amide bonds. The maximum atomic E-state index is 12.7. The predicted molar refractivity (Wildman–Crippen MR) is 102 cm³/mol. The van der Waals surface area contributed by atoms with Crippen LogP contribution in [0.5, 0.6) is 5.88 Å². The van der Waals surface area contributed by atoms with Crippen LogP contribution in [-0.2, 0) is 4.79 Å². The number of rotatable bonds is 5. The van der Waals surface area contributed by atoms with Crippen molar-refractivity contribution in [3.8, 4) is 5.88 Å². The summed E-state index contributed by atoms with van der Waals surface area (Å²) < 4.78 is 41.1. The molecule has 1 N–H and O–H groups in total. The second-order valence-electron chi connectivity index (χ2n) is 6.73. The van der Waals surface area contributed by atoms with Crippen molar-refractivity contribution >= 4 is 29.2 Å². The number of nitrogens with zero attached hydrogens (tertiary/aromatic N) is 3. The SMILES string of the molecule is O=C(Nc1ccc(Cl)cn1)C1CCCN(C(=O)c2ccc(OCC(F)(F)F)nc2)C1. The minimum Gasteiger partial charge on any atom is -0.468 e. The molecule has 1 atom stereocenters. The highest BCUT2D eigenvalue weighted by atomic mass is 35.5. The highest BCUT2D eigenvalue weighted by Crippen LogP contribution is 2.22. The van der Waals surface area contributed by atoms with Crippen molar-refractivity contribution in [2.75, 3.05) is 25.0 Å². The van der Waals surface area contributed by atoms with Gasteiger partial charge in [0.2, 0.25) is 11.8 Å². The van der Waals surface area contributed by atoms with Crippen LogP contribution >= 0.6 is 11.6 Å². The fourth-order valence-electron chi connectivity index (χ4n) is 2.98. The van der Waals surface area contributed by atoms with Crippen molar-refractivity contribution in [1.82, 2.24) is 14.9 Å². The number of pyridine rings is 2. The number of ether oxygens (including phenoxy) is 1. The third-order valence-electron chi connectivity index (χ3n) is 4.43. The quantitative estimate of drug-likeness (QED) is 0.765. The van der Waals surface area contributed by atoms with E-state index in [2.05, 4.69) is 20.0 Å². The topological polar surface area (TPSA) is 84.4 Å². The van der Waals surface area contributed by atoms with Gasteiger partial charge in [-0.25, -0.2) is 9.97 Å². The molecule has 3 heterocycles. The van der Waals surface area contributed by atoms with Crippen LogP contribution in [0, 0.1) is 5.92 Å². The number of likely N-dealkylation sites (tertiary alicyclic amines) is 1. The Balaban J connectivity index is 1.58.